The highest BCUT2D eigenvalue weighted by Crippen LogP contribution is 2.34. The van der Waals surface area contributed by atoms with Crippen LogP contribution in [0, 0.1) is 12.8 Å². The molecule has 21 heavy (non-hydrogen) atoms. The summed E-state index contributed by atoms with van der Waals surface area (Å²) in [4.78, 5) is 27.3. The Morgan fingerprint density at radius 3 is 2.90 bits per heavy atom. The number of nitrogens with zero attached hydrogens (tertiary/aromatic N) is 1. The number of aryl methyl sites for hydroxylation is 2. The molecular weight excluding hydrogens is 266 g/mol. The quantitative estimate of drug-likeness (QED) is 0.721. The standard InChI is InChI=1S/C16H23N3O2/c1-3-13-8-11(2)17-9-15(13)19-16(21)14(18-10-20)7-6-12-4-5-12/h8-10,12,14H,3-7H2,1-2H3,(H,18,20)(H,19,21). The summed E-state index contributed by atoms with van der Waals surface area (Å²) in [6.45, 7) is 3.97. The molecule has 1 atom stereocenters. The zero-order valence-corrected chi connectivity index (χ0v) is 12.7. The second kappa shape index (κ2) is 7.20. The molecule has 1 unspecified atom stereocenters. The van der Waals surface area contributed by atoms with E-state index in [-0.39, 0.29) is 5.91 Å². The first-order valence-electron chi connectivity index (χ1n) is 7.60. The molecule has 1 aromatic rings. The zero-order chi connectivity index (χ0) is 15.2. The van der Waals surface area contributed by atoms with Gasteiger partial charge in [0.2, 0.25) is 12.3 Å². The van der Waals surface area contributed by atoms with Gasteiger partial charge in [-0.25, -0.2) is 0 Å². The van der Waals surface area contributed by atoms with Crippen LogP contribution in [0.15, 0.2) is 12.3 Å². The molecule has 0 saturated heterocycles. The van der Waals surface area contributed by atoms with E-state index in [4.69, 9.17) is 0 Å². The number of hydrogen-bond acceptors (Lipinski definition) is 3. The first kappa shape index (κ1) is 15.5. The summed E-state index contributed by atoms with van der Waals surface area (Å²) in [5, 5.41) is 5.52. The van der Waals surface area contributed by atoms with Gasteiger partial charge >= 0.3 is 0 Å². The minimum atomic E-state index is -0.464. The maximum Gasteiger partial charge on any atom is 0.246 e. The van der Waals surface area contributed by atoms with Gasteiger partial charge < -0.3 is 10.6 Å². The molecule has 0 radical (unpaired) electrons. The van der Waals surface area contributed by atoms with E-state index in [9.17, 15) is 9.59 Å². The van der Waals surface area contributed by atoms with E-state index in [0.29, 0.717) is 12.8 Å². The third kappa shape index (κ3) is 4.55. The summed E-state index contributed by atoms with van der Waals surface area (Å²) < 4.78 is 0. The summed E-state index contributed by atoms with van der Waals surface area (Å²) in [5.41, 5.74) is 2.72. The molecule has 114 valence electrons. The number of anilines is 1. The number of pyridine rings is 1. The number of aromatic nitrogens is 1. The van der Waals surface area contributed by atoms with Crippen molar-refractivity contribution in [2.24, 2.45) is 5.92 Å². The minimum absolute atomic E-state index is 0.164. The smallest absolute Gasteiger partial charge is 0.246 e. The van der Waals surface area contributed by atoms with Gasteiger partial charge in [-0.2, -0.15) is 0 Å². The highest BCUT2D eigenvalue weighted by atomic mass is 16.2. The largest absolute Gasteiger partial charge is 0.347 e. The molecule has 1 aliphatic carbocycles. The van der Waals surface area contributed by atoms with Crippen LogP contribution in [0.3, 0.4) is 0 Å². The van der Waals surface area contributed by atoms with E-state index in [1.54, 1.807) is 6.20 Å². The molecule has 2 amide bonds. The Morgan fingerprint density at radius 2 is 2.29 bits per heavy atom. The Kier molecular flexibility index (Phi) is 5.31. The molecule has 1 aliphatic rings. The minimum Gasteiger partial charge on any atom is -0.347 e. The van der Waals surface area contributed by atoms with Gasteiger partial charge in [-0.05, 0) is 43.7 Å². The number of rotatable bonds is 8. The van der Waals surface area contributed by atoms with Crippen molar-refractivity contribution in [1.82, 2.24) is 10.3 Å². The molecule has 0 spiro atoms. The molecule has 1 aromatic heterocycles. The lowest BCUT2D eigenvalue weighted by atomic mass is 10.1. The number of amides is 2. The summed E-state index contributed by atoms with van der Waals surface area (Å²) in [7, 11) is 0. The fraction of sp³-hybridized carbons (Fsp3) is 0.562. The first-order valence-corrected chi connectivity index (χ1v) is 7.60. The lowest BCUT2D eigenvalue weighted by Gasteiger charge is -2.17. The molecule has 2 N–H and O–H groups in total. The summed E-state index contributed by atoms with van der Waals surface area (Å²) in [5.74, 6) is 0.573. The van der Waals surface area contributed by atoms with Crippen LogP contribution in [0.1, 0.15) is 43.9 Å². The van der Waals surface area contributed by atoms with Gasteiger partial charge in [-0.15, -0.1) is 0 Å². The van der Waals surface area contributed by atoms with Crippen LogP contribution in [-0.4, -0.2) is 23.3 Å². The van der Waals surface area contributed by atoms with Crippen LogP contribution >= 0.6 is 0 Å². The van der Waals surface area contributed by atoms with E-state index in [1.165, 1.54) is 12.8 Å². The SMILES string of the molecule is CCc1cc(C)ncc1NC(=O)C(CCC1CC1)NC=O. The number of nitrogens with one attached hydrogen (secondary N) is 2. The van der Waals surface area contributed by atoms with Crippen LogP contribution in [0.5, 0.6) is 0 Å². The monoisotopic (exact) mass is 289 g/mol. The highest BCUT2D eigenvalue weighted by molar-refractivity contribution is 5.96. The van der Waals surface area contributed by atoms with Crippen molar-refractivity contribution in [2.45, 2.75) is 52.0 Å². The number of carbonyl (C=O) groups is 2. The van der Waals surface area contributed by atoms with Gasteiger partial charge in [0.25, 0.3) is 0 Å². The van der Waals surface area contributed by atoms with E-state index in [1.807, 2.05) is 19.9 Å². The Bertz CT molecular complexity index is 512. The molecule has 1 fully saturated rings. The molecule has 5 heteroatoms. The van der Waals surface area contributed by atoms with Crippen molar-refractivity contribution in [3.63, 3.8) is 0 Å². The van der Waals surface area contributed by atoms with Crippen LogP contribution in [-0.2, 0) is 16.0 Å². The summed E-state index contributed by atoms with van der Waals surface area (Å²) >= 11 is 0. The third-order valence-corrected chi connectivity index (χ3v) is 3.91. The van der Waals surface area contributed by atoms with Crippen LogP contribution < -0.4 is 10.6 Å². The normalized spacial score (nSPS) is 15.3. The number of hydrogen-bond donors (Lipinski definition) is 2. The molecule has 1 saturated carbocycles. The summed E-state index contributed by atoms with van der Waals surface area (Å²) in [6, 6.07) is 1.51. The van der Waals surface area contributed by atoms with E-state index < -0.39 is 6.04 Å². The van der Waals surface area contributed by atoms with Crippen molar-refractivity contribution < 1.29 is 9.59 Å². The van der Waals surface area contributed by atoms with Crippen LogP contribution in [0.4, 0.5) is 5.69 Å². The zero-order valence-electron chi connectivity index (χ0n) is 12.7. The van der Waals surface area contributed by atoms with Gasteiger partial charge in [0.05, 0.1) is 11.9 Å². The van der Waals surface area contributed by atoms with Crippen LogP contribution in [0.25, 0.3) is 0 Å². The van der Waals surface area contributed by atoms with Crippen LogP contribution in [0.2, 0.25) is 0 Å². The molecular formula is C16H23N3O2. The van der Waals surface area contributed by atoms with Gasteiger partial charge in [-0.3, -0.25) is 14.6 Å². The second-order valence-electron chi connectivity index (χ2n) is 5.68. The van der Waals surface area contributed by atoms with E-state index >= 15 is 0 Å². The Labute approximate surface area is 125 Å². The van der Waals surface area contributed by atoms with Gasteiger partial charge in [0.1, 0.15) is 6.04 Å². The second-order valence-corrected chi connectivity index (χ2v) is 5.68. The lowest BCUT2D eigenvalue weighted by molar-refractivity contribution is -0.121. The van der Waals surface area contributed by atoms with Gasteiger partial charge in [0, 0.05) is 5.69 Å². The average Bonchev–Trinajstić information content (AvgIpc) is 3.29. The van der Waals surface area contributed by atoms with Gasteiger partial charge in [0.15, 0.2) is 0 Å². The molecule has 0 bridgehead atoms. The fourth-order valence-electron chi connectivity index (χ4n) is 2.42. The van der Waals surface area contributed by atoms with Crippen molar-refractivity contribution in [1.29, 1.82) is 0 Å². The van der Waals surface area contributed by atoms with Crippen molar-refractivity contribution >= 4 is 18.0 Å². The molecule has 5 nitrogen and oxygen atoms in total. The topological polar surface area (TPSA) is 71.1 Å². The van der Waals surface area contributed by atoms with Crippen molar-refractivity contribution in [2.75, 3.05) is 5.32 Å². The predicted octanol–water partition coefficient (Wildman–Crippen LogP) is 2.20. The Hall–Kier alpha value is -1.91. The Balaban J connectivity index is 2.00. The van der Waals surface area contributed by atoms with Gasteiger partial charge in [-0.1, -0.05) is 19.8 Å². The predicted molar refractivity (Wildman–Crippen MR) is 81.9 cm³/mol. The van der Waals surface area contributed by atoms with Crippen molar-refractivity contribution in [3.8, 4) is 0 Å². The molecule has 0 aliphatic heterocycles. The molecule has 1 heterocycles. The van der Waals surface area contributed by atoms with Crippen molar-refractivity contribution in [3.05, 3.63) is 23.5 Å². The third-order valence-electron chi connectivity index (χ3n) is 3.91. The average molecular weight is 289 g/mol. The van der Waals surface area contributed by atoms with E-state index in [0.717, 1.165) is 35.7 Å². The maximum atomic E-state index is 12.3. The maximum absolute atomic E-state index is 12.3. The number of carbonyl (C=O) groups excluding carboxylic acids is 2. The summed E-state index contributed by atoms with van der Waals surface area (Å²) in [6.07, 6.45) is 7.29. The fourth-order valence-corrected chi connectivity index (χ4v) is 2.42. The molecule has 2 rings (SSSR count). The lowest BCUT2D eigenvalue weighted by Crippen LogP contribution is -2.40. The van der Waals surface area contributed by atoms with E-state index in [2.05, 4.69) is 15.6 Å². The Morgan fingerprint density at radius 1 is 1.52 bits per heavy atom. The molecule has 0 aromatic carbocycles. The highest BCUT2D eigenvalue weighted by Gasteiger charge is 2.25. The first-order chi connectivity index (χ1) is 10.1.